The van der Waals surface area contributed by atoms with Gasteiger partial charge in [-0.05, 0) is 5.41 Å². The summed E-state index contributed by atoms with van der Waals surface area (Å²) >= 11 is 0. The first-order valence-corrected chi connectivity index (χ1v) is 5.04. The van der Waals surface area contributed by atoms with Gasteiger partial charge in [-0.25, -0.2) is 4.98 Å². The maximum atomic E-state index is 11.5. The largest absolute Gasteiger partial charge is 0.449 e. The van der Waals surface area contributed by atoms with Crippen molar-refractivity contribution >= 4 is 5.91 Å². The smallest absolute Gasteiger partial charge is 0.220 e. The maximum absolute atomic E-state index is 11.5. The van der Waals surface area contributed by atoms with E-state index in [1.165, 1.54) is 0 Å². The van der Waals surface area contributed by atoms with Gasteiger partial charge >= 0.3 is 0 Å². The van der Waals surface area contributed by atoms with Crippen molar-refractivity contribution in [2.24, 2.45) is 5.41 Å². The van der Waals surface area contributed by atoms with Gasteiger partial charge in [-0.1, -0.05) is 20.8 Å². The number of oxazole rings is 1. The van der Waals surface area contributed by atoms with E-state index in [1.807, 2.05) is 20.8 Å². The van der Waals surface area contributed by atoms with Crippen molar-refractivity contribution < 1.29 is 9.21 Å². The third-order valence-electron chi connectivity index (χ3n) is 1.82. The molecule has 1 aromatic rings. The van der Waals surface area contributed by atoms with Crippen LogP contribution in [0.4, 0.5) is 0 Å². The van der Waals surface area contributed by atoms with Gasteiger partial charge in [0.15, 0.2) is 5.89 Å². The zero-order valence-corrected chi connectivity index (χ0v) is 9.76. The molecule has 0 saturated carbocycles. The van der Waals surface area contributed by atoms with E-state index in [9.17, 15) is 4.79 Å². The number of hydrogen-bond donors (Lipinski definition) is 1. The molecule has 1 amide bonds. The predicted octanol–water partition coefficient (Wildman–Crippen LogP) is 2.04. The molecule has 0 aliphatic heterocycles. The summed E-state index contributed by atoms with van der Waals surface area (Å²) in [6.07, 6.45) is 2.08. The Kier molecular flexibility index (Phi) is 3.50. The summed E-state index contributed by atoms with van der Waals surface area (Å²) in [5, 5.41) is 2.81. The third kappa shape index (κ3) is 4.63. The molecule has 0 aromatic carbocycles. The number of nitrogens with zero attached hydrogens (tertiary/aromatic N) is 1. The van der Waals surface area contributed by atoms with Gasteiger partial charge in [0, 0.05) is 13.3 Å². The second-order valence-electron chi connectivity index (χ2n) is 4.87. The Morgan fingerprint density at radius 3 is 2.67 bits per heavy atom. The summed E-state index contributed by atoms with van der Waals surface area (Å²) in [6.45, 7) is 8.32. The van der Waals surface area contributed by atoms with Gasteiger partial charge in [0.25, 0.3) is 0 Å². The van der Waals surface area contributed by atoms with Crippen LogP contribution < -0.4 is 5.32 Å². The van der Waals surface area contributed by atoms with Crippen LogP contribution in [0.5, 0.6) is 0 Å². The second-order valence-corrected chi connectivity index (χ2v) is 4.87. The molecule has 1 N–H and O–H groups in total. The molecule has 84 valence electrons. The molecule has 4 nitrogen and oxygen atoms in total. The number of aromatic nitrogens is 1. The molecule has 0 radical (unpaired) electrons. The van der Waals surface area contributed by atoms with E-state index in [0.29, 0.717) is 18.9 Å². The predicted molar refractivity (Wildman–Crippen MR) is 57.2 cm³/mol. The number of nitrogens with one attached hydrogen (secondary N) is 1. The van der Waals surface area contributed by atoms with Crippen molar-refractivity contribution in [3.63, 3.8) is 0 Å². The van der Waals surface area contributed by atoms with E-state index in [4.69, 9.17) is 4.42 Å². The molecule has 0 saturated heterocycles. The van der Waals surface area contributed by atoms with E-state index in [0.717, 1.165) is 5.69 Å². The van der Waals surface area contributed by atoms with Gasteiger partial charge in [0.2, 0.25) is 5.91 Å². The number of carbonyl (C=O) groups excluding carboxylic acids is 1. The maximum Gasteiger partial charge on any atom is 0.220 e. The van der Waals surface area contributed by atoms with E-state index in [2.05, 4.69) is 10.3 Å². The Hall–Kier alpha value is -1.32. The molecular weight excluding hydrogens is 192 g/mol. The summed E-state index contributed by atoms with van der Waals surface area (Å²) < 4.78 is 5.04. The van der Waals surface area contributed by atoms with Crippen LogP contribution in [-0.4, -0.2) is 10.9 Å². The van der Waals surface area contributed by atoms with E-state index < -0.39 is 0 Å². The van der Waals surface area contributed by atoms with Crippen molar-refractivity contribution in [3.05, 3.63) is 17.8 Å². The Morgan fingerprint density at radius 1 is 1.53 bits per heavy atom. The highest BCUT2D eigenvalue weighted by Gasteiger charge is 2.15. The Labute approximate surface area is 90.1 Å². The molecular formula is C11H18N2O2. The van der Waals surface area contributed by atoms with Crippen LogP contribution in [0, 0.1) is 12.3 Å². The average Bonchev–Trinajstić information content (AvgIpc) is 2.45. The molecule has 1 aromatic heterocycles. The highest BCUT2D eigenvalue weighted by Crippen LogP contribution is 2.17. The Bertz CT molecular complexity index is 337. The molecule has 15 heavy (non-hydrogen) atoms. The van der Waals surface area contributed by atoms with Crippen LogP contribution in [0.1, 0.15) is 38.8 Å². The van der Waals surface area contributed by atoms with Crippen LogP contribution >= 0.6 is 0 Å². The molecule has 0 aliphatic rings. The van der Waals surface area contributed by atoms with Gasteiger partial charge in [0.05, 0.1) is 12.2 Å². The molecule has 1 heterocycles. The minimum absolute atomic E-state index is 0.0177. The van der Waals surface area contributed by atoms with Crippen molar-refractivity contribution in [1.29, 1.82) is 0 Å². The van der Waals surface area contributed by atoms with Gasteiger partial charge in [-0.2, -0.15) is 0 Å². The summed E-state index contributed by atoms with van der Waals surface area (Å²) in [4.78, 5) is 15.6. The lowest BCUT2D eigenvalue weighted by molar-refractivity contribution is -0.122. The molecule has 4 heteroatoms. The highest BCUT2D eigenvalue weighted by atomic mass is 16.3. The SMILES string of the molecule is Cc1nc(CNC(=O)CC(C)(C)C)co1. The summed E-state index contributed by atoms with van der Waals surface area (Å²) in [7, 11) is 0. The Balaban J connectivity index is 2.35. The lowest BCUT2D eigenvalue weighted by Crippen LogP contribution is -2.27. The van der Waals surface area contributed by atoms with Gasteiger partial charge < -0.3 is 9.73 Å². The highest BCUT2D eigenvalue weighted by molar-refractivity contribution is 5.76. The number of carbonyl (C=O) groups is 1. The summed E-state index contributed by atoms with van der Waals surface area (Å²) in [5.74, 6) is 0.665. The molecule has 0 fully saturated rings. The fourth-order valence-electron chi connectivity index (χ4n) is 1.22. The van der Waals surface area contributed by atoms with Crippen LogP contribution in [0.3, 0.4) is 0 Å². The van der Waals surface area contributed by atoms with Crippen molar-refractivity contribution in [1.82, 2.24) is 10.3 Å². The quantitative estimate of drug-likeness (QED) is 0.830. The normalized spacial score (nSPS) is 11.5. The zero-order chi connectivity index (χ0) is 11.5. The second kappa shape index (κ2) is 4.47. The van der Waals surface area contributed by atoms with Crippen molar-refractivity contribution in [2.45, 2.75) is 40.7 Å². The van der Waals surface area contributed by atoms with Gasteiger partial charge in [-0.3, -0.25) is 4.79 Å². The number of hydrogen-bond acceptors (Lipinski definition) is 3. The number of rotatable bonds is 3. The minimum Gasteiger partial charge on any atom is -0.449 e. The summed E-state index contributed by atoms with van der Waals surface area (Å²) in [6, 6.07) is 0. The first kappa shape index (κ1) is 11.8. The van der Waals surface area contributed by atoms with Gasteiger partial charge in [0.1, 0.15) is 6.26 Å². The molecule has 0 spiro atoms. The zero-order valence-electron chi connectivity index (χ0n) is 9.76. The lowest BCUT2D eigenvalue weighted by atomic mass is 9.92. The lowest BCUT2D eigenvalue weighted by Gasteiger charge is -2.16. The van der Waals surface area contributed by atoms with Crippen LogP contribution in [0.15, 0.2) is 10.7 Å². The first-order valence-electron chi connectivity index (χ1n) is 5.04. The topological polar surface area (TPSA) is 55.1 Å². The summed E-state index contributed by atoms with van der Waals surface area (Å²) in [5.41, 5.74) is 0.777. The Morgan fingerprint density at radius 2 is 2.20 bits per heavy atom. The van der Waals surface area contributed by atoms with Crippen LogP contribution in [0.25, 0.3) is 0 Å². The number of aryl methyl sites for hydroxylation is 1. The fraction of sp³-hybridized carbons (Fsp3) is 0.636. The minimum atomic E-state index is 0.0177. The first-order chi connectivity index (χ1) is 6.87. The molecule has 0 aliphatic carbocycles. The molecule has 0 bridgehead atoms. The standard InChI is InChI=1S/C11H18N2O2/c1-8-13-9(7-15-8)6-12-10(14)5-11(2,3)4/h7H,5-6H2,1-4H3,(H,12,14). The van der Waals surface area contributed by atoms with Gasteiger partial charge in [-0.15, -0.1) is 0 Å². The monoisotopic (exact) mass is 210 g/mol. The van der Waals surface area contributed by atoms with Crippen molar-refractivity contribution in [3.8, 4) is 0 Å². The molecule has 0 unspecified atom stereocenters. The molecule has 1 rings (SSSR count). The van der Waals surface area contributed by atoms with E-state index in [1.54, 1.807) is 13.2 Å². The van der Waals surface area contributed by atoms with Crippen LogP contribution in [0.2, 0.25) is 0 Å². The van der Waals surface area contributed by atoms with E-state index in [-0.39, 0.29) is 11.3 Å². The number of amides is 1. The molecule has 0 atom stereocenters. The van der Waals surface area contributed by atoms with Crippen molar-refractivity contribution in [2.75, 3.05) is 0 Å². The fourth-order valence-corrected chi connectivity index (χ4v) is 1.22. The van der Waals surface area contributed by atoms with Crippen LogP contribution in [-0.2, 0) is 11.3 Å². The average molecular weight is 210 g/mol. The van der Waals surface area contributed by atoms with E-state index >= 15 is 0 Å². The third-order valence-corrected chi connectivity index (χ3v) is 1.82.